The van der Waals surface area contributed by atoms with E-state index in [1.165, 1.54) is 47.4 Å². The number of benzene rings is 1. The van der Waals surface area contributed by atoms with Crippen molar-refractivity contribution >= 4 is 100 Å². The topological polar surface area (TPSA) is 470 Å². The molecule has 1 aromatic carbocycles. The van der Waals surface area contributed by atoms with Crippen LogP contribution in [0.1, 0.15) is 109 Å². The molecule has 1 rings (SSSR count). The number of aromatic hydroxyl groups is 1. The number of rotatable bonds is 45. The Balaban J connectivity index is 3.64. The van der Waals surface area contributed by atoms with Crippen molar-refractivity contribution in [3.8, 4) is 5.75 Å². The normalized spacial score (nSPS) is 14.4. The third-order valence-corrected chi connectivity index (χ3v) is 14.7. The van der Waals surface area contributed by atoms with Gasteiger partial charge in [-0.3, -0.25) is 48.1 Å². The van der Waals surface area contributed by atoms with Crippen molar-refractivity contribution in [2.45, 2.75) is 165 Å². The Morgan fingerprint density at radius 1 is 0.494 bits per heavy atom. The van der Waals surface area contributed by atoms with E-state index in [0.717, 1.165) is 0 Å². The minimum Gasteiger partial charge on any atom is -0.508 e. The molecule has 0 saturated carbocycles. The summed E-state index contributed by atoms with van der Waals surface area (Å²) in [6.07, 6.45) is 6.84. The van der Waals surface area contributed by atoms with Crippen LogP contribution in [-0.4, -0.2) is 191 Å². The molecule has 0 aliphatic heterocycles. The van der Waals surface area contributed by atoms with Crippen molar-refractivity contribution in [1.29, 1.82) is 0 Å². The highest BCUT2D eigenvalue weighted by Crippen LogP contribution is 2.15. The van der Waals surface area contributed by atoms with E-state index in [2.05, 4.69) is 47.5 Å². The van der Waals surface area contributed by atoms with Crippen LogP contribution in [0.15, 0.2) is 29.3 Å². The van der Waals surface area contributed by atoms with Crippen molar-refractivity contribution in [1.82, 2.24) is 42.5 Å². The number of nitrogens with two attached hydrogens (primary N) is 5. The van der Waals surface area contributed by atoms with Gasteiger partial charge >= 0.3 is 11.9 Å². The van der Waals surface area contributed by atoms with Gasteiger partial charge in [0.15, 0.2) is 5.96 Å². The van der Waals surface area contributed by atoms with E-state index >= 15 is 0 Å². The number of carbonyl (C=O) groups excluding carboxylic acids is 8. The number of phenols is 1. The first-order valence-electron chi connectivity index (χ1n) is 27.7. The number of unbranched alkanes of at least 4 members (excludes halogenated alkanes) is 2. The van der Waals surface area contributed by atoms with Crippen LogP contribution < -0.4 is 71.2 Å². The molecule has 30 heteroatoms. The molecule has 0 aliphatic carbocycles. The van der Waals surface area contributed by atoms with E-state index in [0.29, 0.717) is 48.5 Å². The third kappa shape index (κ3) is 32.0. The third-order valence-electron chi connectivity index (χ3n) is 12.8. The van der Waals surface area contributed by atoms with Crippen molar-refractivity contribution < 1.29 is 63.3 Å². The molecular weight excluding hydrogens is 1140 g/mol. The zero-order chi connectivity index (χ0) is 62.4. The van der Waals surface area contributed by atoms with Gasteiger partial charge in [-0.2, -0.15) is 35.3 Å². The predicted octanol–water partition coefficient (Wildman–Crippen LogP) is -1.29. The number of phenolic OH excluding ortho intramolecular Hbond substituents is 1. The molecule has 470 valence electrons. The quantitative estimate of drug-likeness (QED) is 0.0205. The zero-order valence-corrected chi connectivity index (χ0v) is 50.9. The lowest BCUT2D eigenvalue weighted by Gasteiger charge is -2.28. The summed E-state index contributed by atoms with van der Waals surface area (Å²) in [7, 11) is 0. The molecule has 1 aromatic rings. The smallest absolute Gasteiger partial charge is 0.326 e. The maximum atomic E-state index is 14.5. The number of carboxylic acid groups (broad SMARTS) is 2. The first-order valence-corrected chi connectivity index (χ1v) is 31.9. The summed E-state index contributed by atoms with van der Waals surface area (Å²) in [4.78, 5) is 140. The van der Waals surface area contributed by atoms with Crippen LogP contribution in [0.5, 0.6) is 5.75 Å². The monoisotopic (exact) mass is 1230 g/mol. The molecule has 0 spiro atoms. The second-order valence-electron chi connectivity index (χ2n) is 20.2. The van der Waals surface area contributed by atoms with Crippen molar-refractivity contribution in [3.05, 3.63) is 29.8 Å². The SMILES string of the molecule is CSCC[C@H](NC(=O)[C@H](Cc1ccc(O)cc1)NC(=O)[C@H](CCSC)NC(=O)[C@H](CCSC)NC(=O)[C@H](CCCCN)NC(=O)[C@H](CCCN=C(N)N)NC(=O)[C@H](CCCCN)NC(=O)[C@H](CC(C)C)NC(=O)[C@@H](N)CCC(=O)O)C(=O)O. The standard InChI is InChI=1S/C53H92N14O13S3/c1-31(2)29-41(66-44(71)34(56)18-19-43(69)70)50(77)62-36(12-7-9-24-55)45(72)61-37(13-10-25-59-53(57)58)47(74)60-35(11-6-8-23-54)46(73)63-38(20-26-81-3)48(75)64-39(21-27-82-4)49(76)67-42(30-32-14-16-33(68)17-15-32)51(78)65-40(52(79)80)22-28-83-5/h14-17,31,34-42,68H,6-13,18-30,54-56H2,1-5H3,(H,60,74)(H,61,72)(H,62,77)(H,63,73)(H,64,75)(H,65,78)(H,66,71)(H,67,76)(H,69,70)(H,79,80)(H4,57,58,59)/t34-,35-,36-,37-,38-,39-,40-,41-,42-/m0/s1. The number of nitrogens with one attached hydrogen (secondary N) is 8. The van der Waals surface area contributed by atoms with Gasteiger partial charge in [0.05, 0.1) is 6.04 Å². The largest absolute Gasteiger partial charge is 0.508 e. The Morgan fingerprint density at radius 2 is 0.855 bits per heavy atom. The van der Waals surface area contributed by atoms with E-state index in [1.54, 1.807) is 44.7 Å². The number of hydrogen-bond acceptors (Lipinski definition) is 18. The number of aliphatic carboxylic acids is 2. The Bertz CT molecular complexity index is 2230. The Labute approximate surface area is 499 Å². The molecule has 0 heterocycles. The van der Waals surface area contributed by atoms with Crippen LogP contribution in [0.4, 0.5) is 0 Å². The number of guanidine groups is 1. The number of thioether (sulfide) groups is 3. The first-order chi connectivity index (χ1) is 39.4. The number of nitrogens with zero attached hydrogens (tertiary/aromatic N) is 1. The number of amides is 8. The minimum absolute atomic E-state index is 0.0320. The fourth-order valence-corrected chi connectivity index (χ4v) is 9.59. The highest BCUT2D eigenvalue weighted by molar-refractivity contribution is 7.98. The summed E-state index contributed by atoms with van der Waals surface area (Å²) in [5.74, 6) is -7.87. The first kappa shape index (κ1) is 74.9. The van der Waals surface area contributed by atoms with Crippen LogP contribution in [0.2, 0.25) is 0 Å². The molecule has 27 nitrogen and oxygen atoms in total. The van der Waals surface area contributed by atoms with E-state index < -0.39 is 114 Å². The molecule has 0 bridgehead atoms. The summed E-state index contributed by atoms with van der Waals surface area (Å²) in [5, 5.41) is 50.3. The van der Waals surface area contributed by atoms with Gasteiger partial charge < -0.3 is 86.5 Å². The van der Waals surface area contributed by atoms with Crippen LogP contribution in [0.3, 0.4) is 0 Å². The van der Waals surface area contributed by atoms with Crippen molar-refractivity contribution in [2.24, 2.45) is 39.6 Å². The molecule has 8 amide bonds. The van der Waals surface area contributed by atoms with Crippen LogP contribution in [0, 0.1) is 5.92 Å². The van der Waals surface area contributed by atoms with Gasteiger partial charge in [-0.05, 0) is 156 Å². The molecule has 0 radical (unpaired) electrons. The number of aliphatic imine (C=N–C) groups is 1. The fraction of sp³-hybridized carbons (Fsp3) is 0.679. The molecule has 9 atom stereocenters. The Hall–Kier alpha value is -6.08. The summed E-state index contributed by atoms with van der Waals surface area (Å²) in [5.41, 5.74) is 29.2. The molecule has 0 saturated heterocycles. The maximum Gasteiger partial charge on any atom is 0.326 e. The van der Waals surface area contributed by atoms with Gasteiger partial charge in [-0.25, -0.2) is 4.79 Å². The van der Waals surface area contributed by atoms with Crippen molar-refractivity contribution in [2.75, 3.05) is 55.7 Å². The molecular formula is C53H92N14O13S3. The van der Waals surface area contributed by atoms with Crippen molar-refractivity contribution in [3.63, 3.8) is 0 Å². The lowest BCUT2D eigenvalue weighted by molar-refractivity contribution is -0.142. The average Bonchev–Trinajstić information content (AvgIpc) is 3.48. The van der Waals surface area contributed by atoms with Gasteiger partial charge in [0.25, 0.3) is 0 Å². The van der Waals surface area contributed by atoms with Gasteiger partial charge in [-0.1, -0.05) is 26.0 Å². The van der Waals surface area contributed by atoms with Gasteiger partial charge in [0.1, 0.15) is 54.1 Å². The van der Waals surface area contributed by atoms with E-state index in [1.807, 2.05) is 0 Å². The molecule has 21 N–H and O–H groups in total. The molecule has 0 unspecified atom stereocenters. The number of carboxylic acids is 2. The minimum atomic E-state index is -1.36. The van der Waals surface area contributed by atoms with E-state index in [4.69, 9.17) is 33.8 Å². The number of carbonyl (C=O) groups is 10. The lowest BCUT2D eigenvalue weighted by atomic mass is 10.0. The van der Waals surface area contributed by atoms with E-state index in [9.17, 15) is 58.2 Å². The van der Waals surface area contributed by atoms with Gasteiger partial charge in [0.2, 0.25) is 47.3 Å². The lowest BCUT2D eigenvalue weighted by Crippen LogP contribution is -2.60. The summed E-state index contributed by atoms with van der Waals surface area (Å²) >= 11 is 4.15. The molecule has 0 aromatic heterocycles. The summed E-state index contributed by atoms with van der Waals surface area (Å²) in [6, 6.07) is -5.59. The van der Waals surface area contributed by atoms with Crippen LogP contribution in [-0.2, 0) is 54.4 Å². The second kappa shape index (κ2) is 42.7. The molecule has 0 aliphatic rings. The van der Waals surface area contributed by atoms with Gasteiger partial charge in [-0.15, -0.1) is 0 Å². The summed E-state index contributed by atoms with van der Waals surface area (Å²) < 4.78 is 0. The van der Waals surface area contributed by atoms with Gasteiger partial charge in [0, 0.05) is 19.4 Å². The Morgan fingerprint density at radius 3 is 1.24 bits per heavy atom. The maximum absolute atomic E-state index is 14.5. The highest BCUT2D eigenvalue weighted by atomic mass is 32.2. The Kier molecular flexibility index (Phi) is 38.5. The second-order valence-corrected chi connectivity index (χ2v) is 23.2. The number of hydrogen-bond donors (Lipinski definition) is 16. The predicted molar refractivity (Wildman–Crippen MR) is 324 cm³/mol. The molecule has 83 heavy (non-hydrogen) atoms. The fourth-order valence-electron chi connectivity index (χ4n) is 8.17. The summed E-state index contributed by atoms with van der Waals surface area (Å²) in [6.45, 7) is 4.17. The van der Waals surface area contributed by atoms with Crippen LogP contribution in [0.25, 0.3) is 0 Å². The highest BCUT2D eigenvalue weighted by Gasteiger charge is 2.35. The van der Waals surface area contributed by atoms with Crippen LogP contribution >= 0.6 is 35.3 Å². The van der Waals surface area contributed by atoms with E-state index in [-0.39, 0.29) is 108 Å². The average molecular weight is 1230 g/mol. The zero-order valence-electron chi connectivity index (χ0n) is 48.4. The molecule has 0 fully saturated rings.